The first kappa shape index (κ1) is 19.2. The molecule has 1 aromatic rings. The Hall–Kier alpha value is -1.15. The monoisotopic (exact) mass is 373 g/mol. The highest BCUT2D eigenvalue weighted by Gasteiger charge is 2.25. The molecule has 1 aliphatic carbocycles. The number of carbonyl (C=O) groups excluding carboxylic acids is 1. The molecule has 134 valence electrons. The Labute approximate surface area is 149 Å². The first-order valence-corrected chi connectivity index (χ1v) is 9.62. The molecule has 1 heterocycles. The number of nitrogens with one attached hydrogen (secondary N) is 1. The normalized spacial score (nSPS) is 24.7. The smallest absolute Gasteiger partial charge is 0.240 e. The largest absolute Gasteiger partial charge is 0.328 e. The number of amides is 1. The summed E-state index contributed by atoms with van der Waals surface area (Å²) >= 11 is 0. The maximum Gasteiger partial charge on any atom is 0.240 e. The third-order valence-electron chi connectivity index (χ3n) is 4.63. The molecule has 0 atom stereocenters. The first-order valence-electron chi connectivity index (χ1n) is 8.14. The maximum absolute atomic E-state index is 12.5. The summed E-state index contributed by atoms with van der Waals surface area (Å²) in [6.07, 6.45) is 4.67. The van der Waals surface area contributed by atoms with Crippen LogP contribution in [0.25, 0.3) is 0 Å². The zero-order chi connectivity index (χ0) is 16.4. The van der Waals surface area contributed by atoms with Crippen LogP contribution < -0.4 is 15.4 Å². The van der Waals surface area contributed by atoms with Crippen molar-refractivity contribution in [2.24, 2.45) is 5.73 Å². The fraction of sp³-hybridized carbons (Fsp3) is 0.562. The molecule has 1 amide bonds. The van der Waals surface area contributed by atoms with E-state index in [0.717, 1.165) is 37.8 Å². The molecule has 0 bridgehead atoms. The van der Waals surface area contributed by atoms with Crippen LogP contribution in [0.15, 0.2) is 29.2 Å². The highest BCUT2D eigenvalue weighted by Crippen LogP contribution is 2.24. The van der Waals surface area contributed by atoms with E-state index < -0.39 is 10.0 Å². The van der Waals surface area contributed by atoms with Gasteiger partial charge in [-0.2, -0.15) is 0 Å². The van der Waals surface area contributed by atoms with Gasteiger partial charge in [0, 0.05) is 30.7 Å². The molecular formula is C16H24ClN3O3S. The summed E-state index contributed by atoms with van der Waals surface area (Å²) in [6, 6.07) is 6.69. The van der Waals surface area contributed by atoms with E-state index in [0.29, 0.717) is 13.0 Å². The van der Waals surface area contributed by atoms with Gasteiger partial charge in [-0.05, 0) is 56.4 Å². The summed E-state index contributed by atoms with van der Waals surface area (Å²) in [7, 11) is -3.53. The molecule has 3 N–H and O–H groups in total. The predicted octanol–water partition coefficient (Wildman–Crippen LogP) is 1.78. The number of sulfonamides is 1. The molecule has 0 spiro atoms. The Kier molecular flexibility index (Phi) is 6.25. The van der Waals surface area contributed by atoms with Gasteiger partial charge in [-0.15, -0.1) is 12.4 Å². The minimum absolute atomic E-state index is 0. The van der Waals surface area contributed by atoms with E-state index in [9.17, 15) is 13.2 Å². The summed E-state index contributed by atoms with van der Waals surface area (Å²) in [6.45, 7) is 0.700. The van der Waals surface area contributed by atoms with Gasteiger partial charge in [-0.3, -0.25) is 4.79 Å². The molecule has 1 saturated heterocycles. The van der Waals surface area contributed by atoms with Crippen molar-refractivity contribution in [2.75, 3.05) is 11.4 Å². The van der Waals surface area contributed by atoms with Crippen LogP contribution >= 0.6 is 12.4 Å². The van der Waals surface area contributed by atoms with Crippen LogP contribution in [0.4, 0.5) is 5.69 Å². The SMILES string of the molecule is Cl.NC1CCC(NS(=O)(=O)c2ccc(N3CCCC3=O)cc2)CC1. The Morgan fingerprint density at radius 3 is 2.25 bits per heavy atom. The van der Waals surface area contributed by atoms with Crippen LogP contribution in [0, 0.1) is 0 Å². The zero-order valence-electron chi connectivity index (χ0n) is 13.5. The van der Waals surface area contributed by atoms with Crippen molar-refractivity contribution in [3.63, 3.8) is 0 Å². The number of nitrogens with zero attached hydrogens (tertiary/aromatic N) is 1. The second-order valence-electron chi connectivity index (χ2n) is 6.38. The molecule has 6 nitrogen and oxygen atoms in total. The highest BCUT2D eigenvalue weighted by molar-refractivity contribution is 7.89. The van der Waals surface area contributed by atoms with E-state index in [1.807, 2.05) is 0 Å². The number of nitrogens with two attached hydrogens (primary N) is 1. The van der Waals surface area contributed by atoms with Gasteiger partial charge in [0.15, 0.2) is 0 Å². The van der Waals surface area contributed by atoms with E-state index in [4.69, 9.17) is 5.73 Å². The summed E-state index contributed by atoms with van der Waals surface area (Å²) in [4.78, 5) is 13.7. The number of halogens is 1. The molecule has 0 aromatic heterocycles. The average molecular weight is 374 g/mol. The number of hydrogen-bond acceptors (Lipinski definition) is 4. The lowest BCUT2D eigenvalue weighted by atomic mass is 9.93. The summed E-state index contributed by atoms with van der Waals surface area (Å²) in [5, 5.41) is 0. The average Bonchev–Trinajstić information content (AvgIpc) is 2.96. The molecule has 8 heteroatoms. The number of rotatable bonds is 4. The molecule has 1 aromatic carbocycles. The molecule has 0 unspecified atom stereocenters. The van der Waals surface area contributed by atoms with Crippen LogP contribution in [0.2, 0.25) is 0 Å². The van der Waals surface area contributed by atoms with Crippen molar-refractivity contribution in [1.82, 2.24) is 4.72 Å². The van der Waals surface area contributed by atoms with E-state index in [1.54, 1.807) is 29.2 Å². The lowest BCUT2D eigenvalue weighted by molar-refractivity contribution is -0.117. The zero-order valence-corrected chi connectivity index (χ0v) is 15.1. The fourth-order valence-corrected chi connectivity index (χ4v) is 4.56. The van der Waals surface area contributed by atoms with Gasteiger partial charge < -0.3 is 10.6 Å². The molecule has 1 aliphatic heterocycles. The Morgan fingerprint density at radius 1 is 1.08 bits per heavy atom. The van der Waals surface area contributed by atoms with Crippen molar-refractivity contribution in [3.8, 4) is 0 Å². The minimum atomic E-state index is -3.53. The number of anilines is 1. The van der Waals surface area contributed by atoms with Gasteiger partial charge in [-0.1, -0.05) is 0 Å². The van der Waals surface area contributed by atoms with Crippen LogP contribution in [0.3, 0.4) is 0 Å². The van der Waals surface area contributed by atoms with Crippen molar-refractivity contribution < 1.29 is 13.2 Å². The summed E-state index contributed by atoms with van der Waals surface area (Å²) in [5.74, 6) is 0.0947. The topological polar surface area (TPSA) is 92.5 Å². The fourth-order valence-electron chi connectivity index (χ4n) is 3.25. The maximum atomic E-state index is 12.5. The van der Waals surface area contributed by atoms with Crippen LogP contribution in [-0.2, 0) is 14.8 Å². The lowest BCUT2D eigenvalue weighted by Crippen LogP contribution is -2.40. The number of benzene rings is 1. The van der Waals surface area contributed by atoms with E-state index in [-0.39, 0.29) is 35.3 Å². The Balaban J connectivity index is 0.00000208. The van der Waals surface area contributed by atoms with Crippen molar-refractivity contribution in [3.05, 3.63) is 24.3 Å². The van der Waals surface area contributed by atoms with E-state index >= 15 is 0 Å². The van der Waals surface area contributed by atoms with Crippen molar-refractivity contribution in [2.45, 2.75) is 55.5 Å². The first-order chi connectivity index (χ1) is 11.0. The third kappa shape index (κ3) is 4.27. The summed E-state index contributed by atoms with van der Waals surface area (Å²) < 4.78 is 27.7. The number of hydrogen-bond donors (Lipinski definition) is 2. The van der Waals surface area contributed by atoms with Gasteiger partial charge in [0.1, 0.15) is 0 Å². The molecule has 3 rings (SSSR count). The summed E-state index contributed by atoms with van der Waals surface area (Å²) in [5.41, 5.74) is 6.61. The van der Waals surface area contributed by atoms with E-state index in [1.165, 1.54) is 0 Å². The lowest BCUT2D eigenvalue weighted by Gasteiger charge is -2.26. The second kappa shape index (κ2) is 7.82. The predicted molar refractivity (Wildman–Crippen MR) is 95.8 cm³/mol. The molecule has 1 saturated carbocycles. The van der Waals surface area contributed by atoms with E-state index in [2.05, 4.69) is 4.72 Å². The molecule has 2 aliphatic rings. The van der Waals surface area contributed by atoms with Crippen molar-refractivity contribution >= 4 is 34.0 Å². The van der Waals surface area contributed by atoms with Gasteiger partial charge >= 0.3 is 0 Å². The van der Waals surface area contributed by atoms with Crippen LogP contribution in [-0.4, -0.2) is 33.0 Å². The standard InChI is InChI=1S/C16H23N3O3S.ClH/c17-12-3-5-13(6-4-12)18-23(21,22)15-9-7-14(8-10-15)19-11-1-2-16(19)20;/h7-10,12-13,18H,1-6,11,17H2;1H. The quantitative estimate of drug-likeness (QED) is 0.841. The van der Waals surface area contributed by atoms with Gasteiger partial charge in [0.25, 0.3) is 0 Å². The second-order valence-corrected chi connectivity index (χ2v) is 8.09. The molecule has 0 radical (unpaired) electrons. The van der Waals surface area contributed by atoms with Gasteiger partial charge in [0.2, 0.25) is 15.9 Å². The molecule has 2 fully saturated rings. The third-order valence-corrected chi connectivity index (χ3v) is 6.16. The highest BCUT2D eigenvalue weighted by atomic mass is 35.5. The minimum Gasteiger partial charge on any atom is -0.328 e. The Morgan fingerprint density at radius 2 is 1.71 bits per heavy atom. The Bertz CT molecular complexity index is 670. The van der Waals surface area contributed by atoms with Crippen molar-refractivity contribution in [1.29, 1.82) is 0 Å². The molecular weight excluding hydrogens is 350 g/mol. The van der Waals surface area contributed by atoms with Gasteiger partial charge in [-0.25, -0.2) is 13.1 Å². The van der Waals surface area contributed by atoms with Crippen LogP contribution in [0.1, 0.15) is 38.5 Å². The molecule has 24 heavy (non-hydrogen) atoms. The van der Waals surface area contributed by atoms with Crippen LogP contribution in [0.5, 0.6) is 0 Å². The number of carbonyl (C=O) groups is 1. The van der Waals surface area contributed by atoms with Gasteiger partial charge in [0.05, 0.1) is 4.90 Å².